The largest absolute Gasteiger partial charge is 0.475 e. The van der Waals surface area contributed by atoms with Crippen LogP contribution in [0.3, 0.4) is 0 Å². The van der Waals surface area contributed by atoms with E-state index >= 15 is 0 Å². The van der Waals surface area contributed by atoms with Crippen molar-refractivity contribution >= 4 is 29.1 Å². The third kappa shape index (κ3) is 4.34. The average Bonchev–Trinajstić information content (AvgIpc) is 2.64. The van der Waals surface area contributed by atoms with Gasteiger partial charge in [0, 0.05) is 11.8 Å². The number of fused-ring (bicyclic) bond motifs is 1. The Morgan fingerprint density at radius 2 is 1.90 bits per heavy atom. The number of aromatic nitrogens is 1. The van der Waals surface area contributed by atoms with Gasteiger partial charge in [-0.3, -0.25) is 14.5 Å². The number of amides is 2. The number of hydrogen-bond acceptors (Lipinski definition) is 6. The molecule has 0 aliphatic carbocycles. The topological polar surface area (TPSA) is 115 Å². The van der Waals surface area contributed by atoms with Crippen LogP contribution < -0.4 is 15.0 Å². The van der Waals surface area contributed by atoms with Gasteiger partial charge in [0.05, 0.1) is 0 Å². The summed E-state index contributed by atoms with van der Waals surface area (Å²) in [6, 6.07) is 10.0. The molecule has 0 saturated carbocycles. The van der Waals surface area contributed by atoms with E-state index in [-0.39, 0.29) is 23.5 Å². The van der Waals surface area contributed by atoms with Crippen LogP contribution in [0.25, 0.3) is 0 Å². The monoisotopic (exact) mass is 398 g/mol. The number of pyridine rings is 1. The molecule has 1 aromatic heterocycles. The first-order valence-electron chi connectivity index (χ1n) is 9.10. The van der Waals surface area contributed by atoms with Crippen LogP contribution in [0.2, 0.25) is 0 Å². The minimum absolute atomic E-state index is 0.0109. The zero-order chi connectivity index (χ0) is 21.3. The van der Waals surface area contributed by atoms with E-state index < -0.39 is 28.7 Å². The summed E-state index contributed by atoms with van der Waals surface area (Å²) < 4.78 is 5.45. The van der Waals surface area contributed by atoms with E-state index in [2.05, 4.69) is 31.1 Å². The lowest BCUT2D eigenvalue weighted by atomic mass is 9.87. The van der Waals surface area contributed by atoms with Crippen LogP contribution >= 0.6 is 0 Å². The Morgan fingerprint density at radius 3 is 2.48 bits per heavy atom. The highest BCUT2D eigenvalue weighted by molar-refractivity contribution is 6.05. The number of hydrogen-bond donors (Lipinski definition) is 1. The Kier molecular flexibility index (Phi) is 5.23. The fourth-order valence-corrected chi connectivity index (χ4v) is 2.93. The summed E-state index contributed by atoms with van der Waals surface area (Å²) in [5.41, 5.74) is 1.70. The van der Waals surface area contributed by atoms with Gasteiger partial charge >= 0.3 is 5.82 Å². The van der Waals surface area contributed by atoms with Gasteiger partial charge in [-0.15, -0.1) is 0 Å². The highest BCUT2D eigenvalue weighted by atomic mass is 16.6. The summed E-state index contributed by atoms with van der Waals surface area (Å²) in [5, 5.41) is 13.8. The van der Waals surface area contributed by atoms with Gasteiger partial charge in [0.25, 0.3) is 11.7 Å². The first-order chi connectivity index (χ1) is 13.6. The highest BCUT2D eigenvalue weighted by Gasteiger charge is 2.37. The highest BCUT2D eigenvalue weighted by Crippen LogP contribution is 2.34. The molecule has 152 valence electrons. The second-order valence-corrected chi connectivity index (χ2v) is 7.81. The van der Waals surface area contributed by atoms with Crippen LogP contribution in [0.15, 0.2) is 36.4 Å². The summed E-state index contributed by atoms with van der Waals surface area (Å²) in [7, 11) is 0. The Labute approximate surface area is 167 Å². The van der Waals surface area contributed by atoms with Gasteiger partial charge in [-0.2, -0.15) is 0 Å². The van der Waals surface area contributed by atoms with Crippen molar-refractivity contribution in [1.82, 2.24) is 4.98 Å². The molecule has 9 nitrogen and oxygen atoms in total. The molecule has 1 unspecified atom stereocenters. The van der Waals surface area contributed by atoms with Gasteiger partial charge < -0.3 is 20.2 Å². The number of nitro groups is 1. The van der Waals surface area contributed by atoms with Gasteiger partial charge in [0.15, 0.2) is 11.9 Å². The third-order valence-electron chi connectivity index (χ3n) is 4.52. The first-order valence-corrected chi connectivity index (χ1v) is 9.10. The van der Waals surface area contributed by atoms with Gasteiger partial charge in [0.1, 0.15) is 6.54 Å². The molecule has 1 aliphatic rings. The number of ether oxygens (including phenoxy) is 1. The molecule has 0 bridgehead atoms. The van der Waals surface area contributed by atoms with Gasteiger partial charge in [-0.25, -0.2) is 0 Å². The second-order valence-electron chi connectivity index (χ2n) is 7.81. The number of nitrogens with one attached hydrogen (secondary N) is 1. The minimum Gasteiger partial charge on any atom is -0.475 e. The molecule has 1 atom stereocenters. The lowest BCUT2D eigenvalue weighted by molar-refractivity contribution is -0.389. The second kappa shape index (κ2) is 7.50. The number of carbonyl (C=O) groups is 2. The molecule has 0 fully saturated rings. The number of rotatable bonds is 4. The van der Waals surface area contributed by atoms with Crippen molar-refractivity contribution < 1.29 is 19.2 Å². The molecular formula is C20H22N4O5. The molecule has 2 heterocycles. The van der Waals surface area contributed by atoms with E-state index in [9.17, 15) is 19.7 Å². The third-order valence-corrected chi connectivity index (χ3v) is 4.52. The molecule has 2 amide bonds. The lowest BCUT2D eigenvalue weighted by Crippen LogP contribution is -2.48. The van der Waals surface area contributed by atoms with Crippen LogP contribution in [0.1, 0.15) is 33.3 Å². The Morgan fingerprint density at radius 1 is 1.24 bits per heavy atom. The maximum atomic E-state index is 12.5. The van der Waals surface area contributed by atoms with Crippen molar-refractivity contribution in [3.8, 4) is 5.75 Å². The van der Waals surface area contributed by atoms with Crippen LogP contribution in [0.4, 0.5) is 17.3 Å². The van der Waals surface area contributed by atoms with Crippen molar-refractivity contribution in [3.63, 3.8) is 0 Å². The van der Waals surface area contributed by atoms with Crippen molar-refractivity contribution in [3.05, 3.63) is 52.1 Å². The van der Waals surface area contributed by atoms with Gasteiger partial charge in [0.2, 0.25) is 5.91 Å². The maximum Gasteiger partial charge on any atom is 0.366 e. The van der Waals surface area contributed by atoms with Crippen molar-refractivity contribution in [2.24, 2.45) is 0 Å². The van der Waals surface area contributed by atoms with E-state index in [4.69, 9.17) is 4.74 Å². The predicted octanol–water partition coefficient (Wildman–Crippen LogP) is 3.04. The summed E-state index contributed by atoms with van der Waals surface area (Å²) in [5.74, 6) is -1.21. The zero-order valence-corrected chi connectivity index (χ0v) is 16.6. The first kappa shape index (κ1) is 20.2. The van der Waals surface area contributed by atoms with E-state index in [1.165, 1.54) is 12.1 Å². The molecule has 1 N–H and O–H groups in total. The molecule has 3 rings (SSSR count). The normalized spacial score (nSPS) is 16.1. The maximum absolute atomic E-state index is 12.5. The molecule has 0 saturated heterocycles. The van der Waals surface area contributed by atoms with Crippen LogP contribution in [0.5, 0.6) is 5.75 Å². The number of nitrogens with zero attached hydrogens (tertiary/aromatic N) is 3. The van der Waals surface area contributed by atoms with Gasteiger partial charge in [-0.1, -0.05) is 32.9 Å². The molecule has 2 aromatic rings. The molecule has 9 heteroatoms. The van der Waals surface area contributed by atoms with Crippen molar-refractivity contribution in [2.75, 3.05) is 16.8 Å². The van der Waals surface area contributed by atoms with Gasteiger partial charge in [-0.05, 0) is 46.0 Å². The standard InChI is InChI=1S/C20H22N4O5/c1-12-19(26)23(18-15(29-12)9-10-16(22-18)24(27)28)11-17(25)21-14-7-5-13(6-8-14)20(2,3)4/h5-10,12H,11H2,1-4H3,(H,21,25). The molecule has 0 radical (unpaired) electrons. The molecule has 0 spiro atoms. The SMILES string of the molecule is CC1Oc2ccc([N+](=O)[O-])nc2N(CC(=O)Nc2ccc(C(C)(C)C)cc2)C1=O. The summed E-state index contributed by atoms with van der Waals surface area (Å²) in [6.45, 7) is 7.48. The Balaban J connectivity index is 1.80. The van der Waals surface area contributed by atoms with Crippen molar-refractivity contribution in [1.29, 1.82) is 0 Å². The molecule has 1 aromatic carbocycles. The summed E-state index contributed by atoms with van der Waals surface area (Å²) in [6.07, 6.45) is -0.829. The van der Waals surface area contributed by atoms with E-state index in [1.807, 2.05) is 12.1 Å². The number of anilines is 2. The fourth-order valence-electron chi connectivity index (χ4n) is 2.93. The minimum atomic E-state index is -0.829. The quantitative estimate of drug-likeness (QED) is 0.625. The molecular weight excluding hydrogens is 376 g/mol. The predicted molar refractivity (Wildman–Crippen MR) is 107 cm³/mol. The van der Waals surface area contributed by atoms with E-state index in [1.54, 1.807) is 19.1 Å². The number of carbonyl (C=O) groups excluding carboxylic acids is 2. The number of benzene rings is 1. The smallest absolute Gasteiger partial charge is 0.366 e. The zero-order valence-electron chi connectivity index (χ0n) is 16.6. The van der Waals surface area contributed by atoms with E-state index in [0.29, 0.717) is 5.69 Å². The fraction of sp³-hybridized carbons (Fsp3) is 0.350. The summed E-state index contributed by atoms with van der Waals surface area (Å²) >= 11 is 0. The van der Waals surface area contributed by atoms with Crippen LogP contribution in [0, 0.1) is 10.1 Å². The van der Waals surface area contributed by atoms with Crippen LogP contribution in [-0.4, -0.2) is 34.4 Å². The van der Waals surface area contributed by atoms with E-state index in [0.717, 1.165) is 10.5 Å². The van der Waals surface area contributed by atoms with Crippen molar-refractivity contribution in [2.45, 2.75) is 39.2 Å². The van der Waals surface area contributed by atoms with Crippen LogP contribution in [-0.2, 0) is 15.0 Å². The Bertz CT molecular complexity index is 966. The summed E-state index contributed by atoms with van der Waals surface area (Å²) in [4.78, 5) is 40.4. The average molecular weight is 398 g/mol. The molecule has 29 heavy (non-hydrogen) atoms. The Hall–Kier alpha value is -3.49. The lowest BCUT2D eigenvalue weighted by Gasteiger charge is -2.28. The molecule has 1 aliphatic heterocycles.